The normalized spacial score (nSPS) is 10.9. The van der Waals surface area contributed by atoms with Gasteiger partial charge in [0, 0.05) is 26.4 Å². The van der Waals surface area contributed by atoms with E-state index in [1.54, 1.807) is 0 Å². The summed E-state index contributed by atoms with van der Waals surface area (Å²) < 4.78 is 10.8. The zero-order valence-corrected chi connectivity index (χ0v) is 12.0. The fourth-order valence-electron chi connectivity index (χ4n) is 1.85. The van der Waals surface area contributed by atoms with E-state index in [0.29, 0.717) is 0 Å². The Bertz CT molecular complexity index is 112. The highest BCUT2D eigenvalue weighted by Gasteiger charge is 1.92. The molecule has 2 heteroatoms. The van der Waals surface area contributed by atoms with Crippen molar-refractivity contribution in [1.29, 1.82) is 0 Å². The van der Waals surface area contributed by atoms with E-state index in [4.69, 9.17) is 9.47 Å². The van der Waals surface area contributed by atoms with Crippen molar-refractivity contribution in [3.05, 3.63) is 0 Å². The molecule has 0 amide bonds. The van der Waals surface area contributed by atoms with Crippen LogP contribution in [-0.2, 0) is 9.47 Å². The molecule has 0 saturated heterocycles. The van der Waals surface area contributed by atoms with Crippen molar-refractivity contribution < 1.29 is 9.47 Å². The molecule has 0 saturated carbocycles. The van der Waals surface area contributed by atoms with Gasteiger partial charge in [-0.15, -0.1) is 0 Å². The summed E-state index contributed by atoms with van der Waals surface area (Å²) >= 11 is 0. The van der Waals surface area contributed by atoms with Gasteiger partial charge < -0.3 is 9.47 Å². The van der Waals surface area contributed by atoms with Gasteiger partial charge in [0.1, 0.15) is 0 Å². The van der Waals surface area contributed by atoms with E-state index >= 15 is 0 Å². The van der Waals surface area contributed by atoms with E-state index < -0.39 is 0 Å². The zero-order chi connectivity index (χ0) is 12.6. The van der Waals surface area contributed by atoms with Gasteiger partial charge >= 0.3 is 0 Å². The fourth-order valence-corrected chi connectivity index (χ4v) is 1.85. The smallest absolute Gasteiger partial charge is 0.0487 e. The van der Waals surface area contributed by atoms with Crippen molar-refractivity contribution >= 4 is 0 Å². The molecule has 2 nitrogen and oxygen atoms in total. The molecule has 0 radical (unpaired) electrons. The van der Waals surface area contributed by atoms with Crippen LogP contribution in [0.4, 0.5) is 0 Å². The van der Waals surface area contributed by atoms with Crippen molar-refractivity contribution in [2.75, 3.05) is 26.4 Å². The summed E-state index contributed by atoms with van der Waals surface area (Å²) in [5.74, 6) is 0. The van der Waals surface area contributed by atoms with Crippen LogP contribution in [0.5, 0.6) is 0 Å². The van der Waals surface area contributed by atoms with Crippen molar-refractivity contribution in [2.24, 2.45) is 0 Å². The van der Waals surface area contributed by atoms with Crippen LogP contribution in [0.15, 0.2) is 0 Å². The SMILES string of the molecule is CCCCCCCCCCOCCCOCC. The standard InChI is InChI=1S/C15H32O2/c1-3-5-6-7-8-9-10-11-13-17-15-12-14-16-4-2/h3-15H2,1-2H3. The lowest BCUT2D eigenvalue weighted by Gasteiger charge is -2.04. The lowest BCUT2D eigenvalue weighted by atomic mass is 10.1. The molecular formula is C15H32O2. The Kier molecular flexibility index (Phi) is 15.8. The maximum atomic E-state index is 5.55. The lowest BCUT2D eigenvalue weighted by molar-refractivity contribution is 0.0860. The van der Waals surface area contributed by atoms with Crippen LogP contribution in [0.2, 0.25) is 0 Å². The van der Waals surface area contributed by atoms with Crippen LogP contribution < -0.4 is 0 Å². The third-order valence-electron chi connectivity index (χ3n) is 2.92. The van der Waals surface area contributed by atoms with Gasteiger partial charge in [-0.3, -0.25) is 0 Å². The number of ether oxygens (including phenoxy) is 2. The van der Waals surface area contributed by atoms with E-state index in [1.807, 2.05) is 6.92 Å². The number of unbranched alkanes of at least 4 members (excludes halogenated alkanes) is 7. The number of hydrogen-bond acceptors (Lipinski definition) is 2. The van der Waals surface area contributed by atoms with Gasteiger partial charge in [-0.05, 0) is 19.8 Å². The maximum Gasteiger partial charge on any atom is 0.0487 e. The van der Waals surface area contributed by atoms with Crippen molar-refractivity contribution in [2.45, 2.75) is 71.6 Å². The molecule has 0 rings (SSSR count). The van der Waals surface area contributed by atoms with Gasteiger partial charge in [-0.1, -0.05) is 51.9 Å². The maximum absolute atomic E-state index is 5.55. The molecule has 17 heavy (non-hydrogen) atoms. The van der Waals surface area contributed by atoms with Gasteiger partial charge in [0.15, 0.2) is 0 Å². The van der Waals surface area contributed by atoms with Crippen LogP contribution in [0, 0.1) is 0 Å². The Labute approximate surface area is 108 Å². The van der Waals surface area contributed by atoms with Gasteiger partial charge in [-0.25, -0.2) is 0 Å². The molecule has 0 unspecified atom stereocenters. The zero-order valence-electron chi connectivity index (χ0n) is 12.0. The van der Waals surface area contributed by atoms with Crippen LogP contribution in [-0.4, -0.2) is 26.4 Å². The molecule has 0 aromatic heterocycles. The molecule has 0 aliphatic rings. The molecule has 0 fully saturated rings. The van der Waals surface area contributed by atoms with E-state index in [0.717, 1.165) is 32.8 Å². The van der Waals surface area contributed by atoms with Gasteiger partial charge in [0.2, 0.25) is 0 Å². The molecular weight excluding hydrogens is 212 g/mol. The fraction of sp³-hybridized carbons (Fsp3) is 1.00. The van der Waals surface area contributed by atoms with Gasteiger partial charge in [0.25, 0.3) is 0 Å². The largest absolute Gasteiger partial charge is 0.382 e. The summed E-state index contributed by atoms with van der Waals surface area (Å²) in [6, 6.07) is 0. The topological polar surface area (TPSA) is 18.5 Å². The minimum atomic E-state index is 0.817. The molecule has 104 valence electrons. The third-order valence-corrected chi connectivity index (χ3v) is 2.92. The average molecular weight is 244 g/mol. The van der Waals surface area contributed by atoms with Crippen molar-refractivity contribution in [3.63, 3.8) is 0 Å². The molecule has 0 aromatic rings. The Balaban J connectivity index is 2.85. The average Bonchev–Trinajstić information content (AvgIpc) is 2.35. The van der Waals surface area contributed by atoms with E-state index in [9.17, 15) is 0 Å². The molecule has 0 heterocycles. The van der Waals surface area contributed by atoms with Crippen LogP contribution in [0.3, 0.4) is 0 Å². The molecule has 0 aliphatic heterocycles. The number of hydrogen-bond donors (Lipinski definition) is 0. The van der Waals surface area contributed by atoms with Crippen molar-refractivity contribution in [3.8, 4) is 0 Å². The van der Waals surface area contributed by atoms with Crippen molar-refractivity contribution in [1.82, 2.24) is 0 Å². The summed E-state index contributed by atoms with van der Waals surface area (Å²) in [4.78, 5) is 0. The summed E-state index contributed by atoms with van der Waals surface area (Å²) in [5.41, 5.74) is 0. The van der Waals surface area contributed by atoms with Gasteiger partial charge in [0.05, 0.1) is 0 Å². The Hall–Kier alpha value is -0.0800. The van der Waals surface area contributed by atoms with Crippen LogP contribution >= 0.6 is 0 Å². The van der Waals surface area contributed by atoms with E-state index in [1.165, 1.54) is 51.4 Å². The monoisotopic (exact) mass is 244 g/mol. The molecule has 0 aromatic carbocycles. The lowest BCUT2D eigenvalue weighted by Crippen LogP contribution is -2.01. The molecule has 0 N–H and O–H groups in total. The predicted molar refractivity (Wildman–Crippen MR) is 74.5 cm³/mol. The van der Waals surface area contributed by atoms with E-state index in [-0.39, 0.29) is 0 Å². The first-order valence-corrected chi connectivity index (χ1v) is 7.57. The highest BCUT2D eigenvalue weighted by Crippen LogP contribution is 2.08. The molecule has 0 aliphatic carbocycles. The third kappa shape index (κ3) is 15.9. The molecule has 0 bridgehead atoms. The first-order chi connectivity index (χ1) is 8.41. The van der Waals surface area contributed by atoms with Crippen LogP contribution in [0.25, 0.3) is 0 Å². The first kappa shape index (κ1) is 16.9. The summed E-state index contributed by atoms with van der Waals surface area (Å²) in [6.45, 7) is 7.74. The highest BCUT2D eigenvalue weighted by atomic mass is 16.5. The van der Waals surface area contributed by atoms with E-state index in [2.05, 4.69) is 6.92 Å². The van der Waals surface area contributed by atoms with Gasteiger partial charge in [-0.2, -0.15) is 0 Å². The van der Waals surface area contributed by atoms with Crippen LogP contribution in [0.1, 0.15) is 71.6 Å². The first-order valence-electron chi connectivity index (χ1n) is 7.57. The second-order valence-corrected chi connectivity index (χ2v) is 4.64. The Morgan fingerprint density at radius 1 is 0.529 bits per heavy atom. The highest BCUT2D eigenvalue weighted by molar-refractivity contribution is 4.46. The number of rotatable bonds is 14. The second-order valence-electron chi connectivity index (χ2n) is 4.64. The quantitative estimate of drug-likeness (QED) is 0.417. The Morgan fingerprint density at radius 3 is 1.71 bits per heavy atom. The summed E-state index contributed by atoms with van der Waals surface area (Å²) in [5, 5.41) is 0. The summed E-state index contributed by atoms with van der Waals surface area (Å²) in [6.07, 6.45) is 12.0. The summed E-state index contributed by atoms with van der Waals surface area (Å²) in [7, 11) is 0. The Morgan fingerprint density at radius 2 is 1.06 bits per heavy atom. The molecule has 0 atom stereocenters. The minimum Gasteiger partial charge on any atom is -0.382 e. The molecule has 0 spiro atoms. The second kappa shape index (κ2) is 15.9. The predicted octanol–water partition coefficient (Wildman–Crippen LogP) is 4.57. The minimum absolute atomic E-state index is 0.817.